The summed E-state index contributed by atoms with van der Waals surface area (Å²) >= 11 is 5.78. The van der Waals surface area contributed by atoms with Crippen LogP contribution in [-0.4, -0.2) is 33.2 Å². The van der Waals surface area contributed by atoms with Crippen LogP contribution < -0.4 is 11.5 Å². The summed E-state index contributed by atoms with van der Waals surface area (Å²) in [4.78, 5) is 11.9. The van der Waals surface area contributed by atoms with Crippen LogP contribution in [0.15, 0.2) is 29.1 Å². The molecule has 0 aliphatic rings. The number of nitrogen functional groups attached to an aromatic ring is 1. The first-order valence-corrected chi connectivity index (χ1v) is 8.93. The number of nitrogens with two attached hydrogens (primary N) is 1. The molecule has 0 fully saturated rings. The molecule has 2 aromatic rings. The third-order valence-electron chi connectivity index (χ3n) is 2.51. The summed E-state index contributed by atoms with van der Waals surface area (Å²) in [7, 11) is -3.84. The van der Waals surface area contributed by atoms with Crippen LogP contribution in [0.3, 0.4) is 0 Å². The lowest BCUT2D eigenvalue weighted by molar-refractivity contribution is 0.502. The minimum atomic E-state index is -4.15. The van der Waals surface area contributed by atoms with Gasteiger partial charge in [0, 0.05) is 16.3 Å². The Morgan fingerprint density at radius 3 is 2.52 bits per heavy atom. The molecule has 0 aliphatic carbocycles. The lowest BCUT2D eigenvalue weighted by atomic mass is 10.2. The van der Waals surface area contributed by atoms with Crippen molar-refractivity contribution in [3.8, 4) is 11.4 Å². The minimum absolute atomic E-state index is 0.00587. The molecule has 0 aliphatic heterocycles. The Hall–Kier alpha value is -1.49. The maximum absolute atomic E-state index is 11.9. The number of hydrogen-bond acceptors (Lipinski definition) is 6. The van der Waals surface area contributed by atoms with Crippen molar-refractivity contribution in [1.82, 2.24) is 14.5 Å². The molecule has 21 heavy (non-hydrogen) atoms. The van der Waals surface area contributed by atoms with E-state index in [-0.39, 0.29) is 18.1 Å². The fourth-order valence-corrected chi connectivity index (χ4v) is 3.03. The van der Waals surface area contributed by atoms with Crippen LogP contribution in [0.2, 0.25) is 5.02 Å². The summed E-state index contributed by atoms with van der Waals surface area (Å²) in [5, 5.41) is 4.57. The van der Waals surface area contributed by atoms with Gasteiger partial charge in [-0.25, -0.2) is 9.48 Å². The third kappa shape index (κ3) is 4.00. The smallest absolute Gasteiger partial charge is 0.333 e. The van der Waals surface area contributed by atoms with Crippen molar-refractivity contribution < 1.29 is 13.0 Å². The van der Waals surface area contributed by atoms with E-state index in [9.17, 15) is 13.2 Å². The fourth-order valence-electron chi connectivity index (χ4n) is 1.59. The summed E-state index contributed by atoms with van der Waals surface area (Å²) in [6.07, 6.45) is 0. The highest BCUT2D eigenvalue weighted by molar-refractivity contribution is 8.69. The fraction of sp³-hybridized carbons (Fsp3) is 0.200. The molecular formula is C10H11ClN4O4S2. The van der Waals surface area contributed by atoms with Gasteiger partial charge in [-0.3, -0.25) is 4.55 Å². The lowest BCUT2D eigenvalue weighted by Crippen LogP contribution is -2.30. The molecule has 8 nitrogen and oxygen atoms in total. The number of rotatable bonds is 5. The van der Waals surface area contributed by atoms with E-state index in [1.165, 1.54) is 0 Å². The van der Waals surface area contributed by atoms with E-state index in [1.54, 1.807) is 24.3 Å². The molecular weight excluding hydrogens is 340 g/mol. The van der Waals surface area contributed by atoms with Gasteiger partial charge < -0.3 is 5.84 Å². The molecule has 0 radical (unpaired) electrons. The van der Waals surface area contributed by atoms with Crippen LogP contribution in [-0.2, 0) is 15.7 Å². The van der Waals surface area contributed by atoms with Gasteiger partial charge in [-0.1, -0.05) is 11.6 Å². The van der Waals surface area contributed by atoms with E-state index in [0.29, 0.717) is 21.4 Å². The first-order valence-electron chi connectivity index (χ1n) is 5.60. The monoisotopic (exact) mass is 350 g/mol. The van der Waals surface area contributed by atoms with Gasteiger partial charge >= 0.3 is 14.8 Å². The molecule has 0 spiro atoms. The lowest BCUT2D eigenvalue weighted by Gasteiger charge is -1.99. The van der Waals surface area contributed by atoms with Gasteiger partial charge in [0.15, 0.2) is 5.82 Å². The standard InChI is InChI=1S/C10H11ClN4O4S2/c11-8-3-1-7(2-4-8)9-13-14(10(16)15(9)12)5-6-20-21(17,18)19/h1-4H,5-6,12H2,(H,17,18,19). The van der Waals surface area contributed by atoms with Gasteiger partial charge in [-0.15, -0.1) is 5.10 Å². The van der Waals surface area contributed by atoms with Crippen LogP contribution in [0.25, 0.3) is 11.4 Å². The average molecular weight is 351 g/mol. The molecule has 114 valence electrons. The highest BCUT2D eigenvalue weighted by Crippen LogP contribution is 2.18. The van der Waals surface area contributed by atoms with Crippen LogP contribution in [0.5, 0.6) is 0 Å². The Balaban J connectivity index is 2.24. The maximum Gasteiger partial charge on any atom is 0.364 e. The summed E-state index contributed by atoms with van der Waals surface area (Å²) in [5.41, 5.74) is 0.0103. The Kier molecular flexibility index (Phi) is 4.61. The average Bonchev–Trinajstić information content (AvgIpc) is 2.67. The molecule has 0 bridgehead atoms. The summed E-state index contributed by atoms with van der Waals surface area (Å²) < 4.78 is 31.7. The Bertz CT molecular complexity index is 797. The zero-order valence-corrected chi connectivity index (χ0v) is 12.9. The van der Waals surface area contributed by atoms with Crippen molar-refractivity contribution in [2.24, 2.45) is 0 Å². The van der Waals surface area contributed by atoms with E-state index in [0.717, 1.165) is 9.36 Å². The van der Waals surface area contributed by atoms with Crippen LogP contribution in [0.4, 0.5) is 0 Å². The number of aromatic nitrogens is 3. The van der Waals surface area contributed by atoms with Gasteiger partial charge in [0.05, 0.1) is 6.54 Å². The highest BCUT2D eigenvalue weighted by atomic mass is 35.5. The quantitative estimate of drug-likeness (QED) is 0.460. The Morgan fingerprint density at radius 1 is 1.33 bits per heavy atom. The van der Waals surface area contributed by atoms with Crippen molar-refractivity contribution in [2.45, 2.75) is 6.54 Å². The van der Waals surface area contributed by atoms with Gasteiger partial charge in [0.25, 0.3) is 0 Å². The number of benzene rings is 1. The van der Waals surface area contributed by atoms with Gasteiger partial charge in [-0.05, 0) is 35.1 Å². The van der Waals surface area contributed by atoms with E-state index in [4.69, 9.17) is 22.0 Å². The largest absolute Gasteiger partial charge is 0.364 e. The zero-order chi connectivity index (χ0) is 15.6. The molecule has 0 amide bonds. The second-order valence-electron chi connectivity index (χ2n) is 3.96. The second kappa shape index (κ2) is 6.10. The molecule has 11 heteroatoms. The van der Waals surface area contributed by atoms with Gasteiger partial charge in [0.2, 0.25) is 0 Å². The molecule has 1 aromatic heterocycles. The number of hydrogen-bond donors (Lipinski definition) is 2. The number of nitrogens with zero attached hydrogens (tertiary/aromatic N) is 3. The van der Waals surface area contributed by atoms with Crippen molar-refractivity contribution in [3.05, 3.63) is 39.8 Å². The van der Waals surface area contributed by atoms with Crippen molar-refractivity contribution in [1.29, 1.82) is 0 Å². The molecule has 0 saturated carbocycles. The Labute approximate surface area is 128 Å². The van der Waals surface area contributed by atoms with Crippen LogP contribution in [0.1, 0.15) is 0 Å². The SMILES string of the molecule is Nn1c(-c2ccc(Cl)cc2)nn(CCSS(=O)(=O)O)c1=O. The highest BCUT2D eigenvalue weighted by Gasteiger charge is 2.14. The second-order valence-corrected chi connectivity index (χ2v) is 7.86. The number of aryl methyl sites for hydroxylation is 1. The van der Waals surface area contributed by atoms with Crippen LogP contribution >= 0.6 is 22.4 Å². The molecule has 0 unspecified atom stereocenters. The van der Waals surface area contributed by atoms with Crippen molar-refractivity contribution >= 4 is 31.5 Å². The third-order valence-corrected chi connectivity index (χ3v) is 4.80. The van der Waals surface area contributed by atoms with Gasteiger partial charge in [0.1, 0.15) is 0 Å². The molecule has 1 heterocycles. The molecule has 1 aromatic carbocycles. The normalized spacial score (nSPS) is 11.7. The Morgan fingerprint density at radius 2 is 1.95 bits per heavy atom. The summed E-state index contributed by atoms with van der Waals surface area (Å²) in [6.45, 7) is -0.00587. The van der Waals surface area contributed by atoms with E-state index in [2.05, 4.69) is 5.10 Å². The summed E-state index contributed by atoms with van der Waals surface area (Å²) in [5.74, 6) is 5.84. The molecule has 0 atom stereocenters. The van der Waals surface area contributed by atoms with E-state index >= 15 is 0 Å². The van der Waals surface area contributed by atoms with E-state index < -0.39 is 14.8 Å². The van der Waals surface area contributed by atoms with E-state index in [1.807, 2.05) is 0 Å². The van der Waals surface area contributed by atoms with Gasteiger partial charge in [-0.2, -0.15) is 13.1 Å². The topological polar surface area (TPSA) is 120 Å². The molecule has 3 N–H and O–H groups in total. The molecule has 0 saturated heterocycles. The zero-order valence-electron chi connectivity index (χ0n) is 10.5. The maximum atomic E-state index is 11.9. The predicted octanol–water partition coefficient (Wildman–Crippen LogP) is 0.615. The predicted molar refractivity (Wildman–Crippen MR) is 81.1 cm³/mol. The first kappa shape index (κ1) is 15.9. The van der Waals surface area contributed by atoms with Crippen molar-refractivity contribution in [3.63, 3.8) is 0 Å². The van der Waals surface area contributed by atoms with Crippen LogP contribution in [0, 0.1) is 0 Å². The number of halogens is 1. The molecule has 2 rings (SSSR count). The minimum Gasteiger partial charge on any atom is -0.333 e. The van der Waals surface area contributed by atoms with Crippen molar-refractivity contribution in [2.75, 3.05) is 11.6 Å². The first-order chi connectivity index (χ1) is 9.78. The summed E-state index contributed by atoms with van der Waals surface area (Å²) in [6, 6.07) is 6.58.